The van der Waals surface area contributed by atoms with Crippen molar-refractivity contribution in [3.8, 4) is 0 Å². The summed E-state index contributed by atoms with van der Waals surface area (Å²) in [4.78, 5) is 17.9. The number of thiazole rings is 1. The molecule has 0 spiro atoms. The fraction of sp³-hybridized carbons (Fsp3) is 0.0588. The van der Waals surface area contributed by atoms with Crippen molar-refractivity contribution in [2.24, 2.45) is 5.14 Å². The number of nitrogen functional groups attached to an aromatic ring is 1. The van der Waals surface area contributed by atoms with E-state index in [1.54, 1.807) is 0 Å². The number of ketones is 1. The van der Waals surface area contributed by atoms with Crippen LogP contribution in [-0.2, 0) is 0 Å². The molecule has 1 heterocycles. The van der Waals surface area contributed by atoms with Crippen LogP contribution in [0.5, 0.6) is 0 Å². The third-order valence-corrected chi connectivity index (χ3v) is 5.37. The Morgan fingerprint density at radius 2 is 2.19 bits per heavy atom. The van der Waals surface area contributed by atoms with Crippen LogP contribution in [0.3, 0.4) is 0 Å². The first-order valence-corrected chi connectivity index (χ1v) is 9.53. The van der Waals surface area contributed by atoms with Crippen molar-refractivity contribution in [2.45, 2.75) is 6.42 Å². The molecule has 1 aliphatic rings. The summed E-state index contributed by atoms with van der Waals surface area (Å²) in [6, 6.07) is 4.07. The van der Waals surface area contributed by atoms with Crippen molar-refractivity contribution in [1.29, 1.82) is 0 Å². The van der Waals surface area contributed by atoms with Crippen molar-refractivity contribution < 1.29 is 9.18 Å². The molecule has 0 unspecified atom stereocenters. The summed E-state index contributed by atoms with van der Waals surface area (Å²) >= 11 is 8.17. The zero-order valence-corrected chi connectivity index (χ0v) is 15.7. The highest BCUT2D eigenvalue weighted by Crippen LogP contribution is 2.32. The molecule has 1 aliphatic carbocycles. The second kappa shape index (κ2) is 8.05. The molecular weight excluding hydrogens is 395 g/mol. The SMILES string of the molecule is NSC1=CC=C(Nc2nc(N)c(C(=O)c3c(F)cccc3Cl)s2)CC=C1. The summed E-state index contributed by atoms with van der Waals surface area (Å²) in [5.74, 6) is -1.26. The van der Waals surface area contributed by atoms with Crippen molar-refractivity contribution in [3.05, 3.63) is 74.4 Å². The first-order chi connectivity index (χ1) is 12.5. The van der Waals surface area contributed by atoms with Crippen molar-refractivity contribution in [1.82, 2.24) is 4.98 Å². The number of aromatic nitrogens is 1. The Bertz CT molecular complexity index is 932. The smallest absolute Gasteiger partial charge is 0.211 e. The fourth-order valence-electron chi connectivity index (χ4n) is 2.29. The van der Waals surface area contributed by atoms with Gasteiger partial charge in [0, 0.05) is 17.0 Å². The van der Waals surface area contributed by atoms with E-state index in [1.165, 1.54) is 18.2 Å². The van der Waals surface area contributed by atoms with Gasteiger partial charge in [-0.1, -0.05) is 41.2 Å². The van der Waals surface area contributed by atoms with E-state index in [9.17, 15) is 9.18 Å². The highest BCUT2D eigenvalue weighted by Gasteiger charge is 2.23. The molecule has 0 aliphatic heterocycles. The average Bonchev–Trinajstić information content (AvgIpc) is 2.82. The molecule has 0 bridgehead atoms. The number of carbonyl (C=O) groups excluding carboxylic acids is 1. The second-order valence-corrected chi connectivity index (χ2v) is 7.38. The number of hydrogen-bond acceptors (Lipinski definition) is 7. The lowest BCUT2D eigenvalue weighted by atomic mass is 10.1. The number of allylic oxidation sites excluding steroid dienone is 4. The van der Waals surface area contributed by atoms with Crippen LogP contribution in [0.4, 0.5) is 15.3 Å². The molecular formula is C17H14ClFN4OS2. The molecule has 0 radical (unpaired) electrons. The molecule has 5 nitrogen and oxygen atoms in total. The number of hydrogen-bond donors (Lipinski definition) is 3. The molecule has 134 valence electrons. The van der Waals surface area contributed by atoms with Gasteiger partial charge in [0.05, 0.1) is 10.6 Å². The number of halogens is 2. The maximum absolute atomic E-state index is 14.0. The molecule has 0 saturated carbocycles. The molecule has 0 amide bonds. The molecule has 1 aromatic heterocycles. The maximum Gasteiger partial charge on any atom is 0.211 e. The Labute approximate surface area is 162 Å². The number of benzene rings is 1. The Balaban J connectivity index is 1.86. The second-order valence-electron chi connectivity index (χ2n) is 5.27. The third-order valence-electron chi connectivity index (χ3n) is 3.52. The molecule has 9 heteroatoms. The predicted molar refractivity (Wildman–Crippen MR) is 107 cm³/mol. The van der Waals surface area contributed by atoms with Crippen molar-refractivity contribution in [3.63, 3.8) is 0 Å². The van der Waals surface area contributed by atoms with E-state index in [4.69, 9.17) is 22.5 Å². The third kappa shape index (κ3) is 3.99. The number of nitrogens with two attached hydrogens (primary N) is 2. The van der Waals surface area contributed by atoms with E-state index >= 15 is 0 Å². The minimum Gasteiger partial charge on any atom is -0.382 e. The molecule has 3 rings (SSSR count). The van der Waals surface area contributed by atoms with Crippen molar-refractivity contribution >= 4 is 51.6 Å². The van der Waals surface area contributed by atoms with Crippen LogP contribution >= 0.6 is 34.9 Å². The fourth-order valence-corrected chi connectivity index (χ4v) is 3.73. The zero-order valence-electron chi connectivity index (χ0n) is 13.3. The van der Waals surface area contributed by atoms with Crippen LogP contribution < -0.4 is 16.2 Å². The van der Waals surface area contributed by atoms with Crippen molar-refractivity contribution in [2.75, 3.05) is 11.1 Å². The van der Waals surface area contributed by atoms with E-state index in [1.807, 2.05) is 24.3 Å². The van der Waals surface area contributed by atoms with Gasteiger partial charge in [0.1, 0.15) is 16.5 Å². The van der Waals surface area contributed by atoms with Crippen LogP contribution in [0.15, 0.2) is 53.1 Å². The maximum atomic E-state index is 14.0. The van der Waals surface area contributed by atoms with E-state index in [-0.39, 0.29) is 21.3 Å². The first kappa shape index (κ1) is 18.7. The molecule has 26 heavy (non-hydrogen) atoms. The van der Waals surface area contributed by atoms with Crippen LogP contribution in [0, 0.1) is 5.82 Å². The van der Waals surface area contributed by atoms with Gasteiger partial charge in [-0.05, 0) is 36.2 Å². The van der Waals surface area contributed by atoms with Gasteiger partial charge in [0.15, 0.2) is 5.13 Å². The van der Waals surface area contributed by atoms with Gasteiger partial charge in [-0.25, -0.2) is 9.37 Å². The van der Waals surface area contributed by atoms with E-state index in [2.05, 4.69) is 10.3 Å². The van der Waals surface area contributed by atoms with Crippen LogP contribution in [0.2, 0.25) is 5.02 Å². The topological polar surface area (TPSA) is 94.0 Å². The lowest BCUT2D eigenvalue weighted by Crippen LogP contribution is -2.06. The Morgan fingerprint density at radius 3 is 2.92 bits per heavy atom. The quantitative estimate of drug-likeness (QED) is 0.498. The number of rotatable bonds is 5. The van der Waals surface area contributed by atoms with E-state index < -0.39 is 11.6 Å². The highest BCUT2D eigenvalue weighted by molar-refractivity contribution is 8.01. The predicted octanol–water partition coefficient (Wildman–Crippen LogP) is 4.50. The lowest BCUT2D eigenvalue weighted by molar-refractivity contribution is 0.103. The number of carbonyl (C=O) groups is 1. The Kier molecular flexibility index (Phi) is 5.77. The molecule has 2 aromatic rings. The standard InChI is InChI=1S/C17H14ClFN4OS2/c18-11-5-2-6-12(19)13(11)14(24)15-16(20)23-17(25-15)22-9-3-1-4-10(26-21)8-7-9/h1-2,4-8H,3,20-21H2,(H,22,23). The van der Waals surface area contributed by atoms with E-state index in [0.717, 1.165) is 33.9 Å². The molecule has 0 saturated heterocycles. The Morgan fingerprint density at radius 1 is 1.38 bits per heavy atom. The van der Waals surface area contributed by atoms with Crippen LogP contribution in [0.1, 0.15) is 21.7 Å². The summed E-state index contributed by atoms with van der Waals surface area (Å²) in [6.07, 6.45) is 8.27. The Hall–Kier alpha value is -2.13. The minimum absolute atomic E-state index is 0.0281. The zero-order chi connectivity index (χ0) is 18.7. The molecule has 0 fully saturated rings. The number of nitrogens with zero attached hydrogens (tertiary/aromatic N) is 1. The summed E-state index contributed by atoms with van der Waals surface area (Å²) < 4.78 is 14.0. The van der Waals surface area contributed by atoms with Gasteiger partial charge in [0.25, 0.3) is 0 Å². The largest absolute Gasteiger partial charge is 0.382 e. The first-order valence-electron chi connectivity index (χ1n) is 7.45. The van der Waals surface area contributed by atoms with Gasteiger partial charge in [-0.3, -0.25) is 9.93 Å². The number of nitrogens with one attached hydrogen (secondary N) is 1. The minimum atomic E-state index is -0.696. The summed E-state index contributed by atoms with van der Waals surface area (Å²) in [5.41, 5.74) is 6.52. The van der Waals surface area contributed by atoms with Gasteiger partial charge < -0.3 is 11.1 Å². The van der Waals surface area contributed by atoms with Gasteiger partial charge >= 0.3 is 0 Å². The summed E-state index contributed by atoms with van der Waals surface area (Å²) in [6.45, 7) is 0. The van der Waals surface area contributed by atoms with E-state index in [0.29, 0.717) is 11.6 Å². The number of anilines is 2. The summed E-state index contributed by atoms with van der Waals surface area (Å²) in [7, 11) is 0. The lowest BCUT2D eigenvalue weighted by Gasteiger charge is -2.04. The normalized spacial score (nSPS) is 13.8. The molecule has 1 aromatic carbocycles. The van der Waals surface area contributed by atoms with Crippen LogP contribution in [0.25, 0.3) is 0 Å². The highest BCUT2D eigenvalue weighted by atomic mass is 35.5. The molecule has 5 N–H and O–H groups in total. The van der Waals surface area contributed by atoms with Crippen LogP contribution in [-0.4, -0.2) is 10.8 Å². The molecule has 0 atom stereocenters. The summed E-state index contributed by atoms with van der Waals surface area (Å²) in [5, 5.41) is 9.15. The van der Waals surface area contributed by atoms with Gasteiger partial charge in [-0.2, -0.15) is 0 Å². The monoisotopic (exact) mass is 408 g/mol. The van der Waals surface area contributed by atoms with Gasteiger partial charge in [0.2, 0.25) is 5.78 Å². The van der Waals surface area contributed by atoms with Gasteiger partial charge in [-0.15, -0.1) is 0 Å². The average molecular weight is 409 g/mol.